The van der Waals surface area contributed by atoms with Gasteiger partial charge in [0.05, 0.1) is 22.8 Å². The highest BCUT2D eigenvalue weighted by atomic mass is 35.5. The first-order chi connectivity index (χ1) is 15.3. The molecule has 0 saturated carbocycles. The van der Waals surface area contributed by atoms with Gasteiger partial charge in [0.2, 0.25) is 0 Å². The molecule has 10 heteroatoms. The Morgan fingerprint density at radius 3 is 2.69 bits per heavy atom. The van der Waals surface area contributed by atoms with E-state index in [2.05, 4.69) is 26.3 Å². The van der Waals surface area contributed by atoms with Gasteiger partial charge in [-0.1, -0.05) is 17.7 Å². The van der Waals surface area contributed by atoms with Gasteiger partial charge in [-0.15, -0.1) is 0 Å². The van der Waals surface area contributed by atoms with Gasteiger partial charge in [0.1, 0.15) is 16.9 Å². The quantitative estimate of drug-likeness (QED) is 0.380. The number of carboxylic acids is 1. The van der Waals surface area contributed by atoms with E-state index >= 15 is 0 Å². The average molecular weight is 450 g/mol. The summed E-state index contributed by atoms with van der Waals surface area (Å²) in [5.41, 5.74) is 9.49. The molecule has 3 aromatic rings. The summed E-state index contributed by atoms with van der Waals surface area (Å²) in [6, 6.07) is 8.51. The van der Waals surface area contributed by atoms with Gasteiger partial charge in [0.15, 0.2) is 11.4 Å². The molecule has 162 valence electrons. The number of aromatic carboxylic acids is 1. The number of carbonyl (C=O) groups is 1. The van der Waals surface area contributed by atoms with E-state index in [9.17, 15) is 15.2 Å². The number of aryl methyl sites for hydroxylation is 1. The van der Waals surface area contributed by atoms with Gasteiger partial charge in [-0.3, -0.25) is 4.99 Å². The average Bonchev–Trinajstić information content (AvgIpc) is 2.77. The van der Waals surface area contributed by atoms with Gasteiger partial charge in [0.25, 0.3) is 0 Å². The van der Waals surface area contributed by atoms with Crippen LogP contribution in [0.1, 0.15) is 46.0 Å². The van der Waals surface area contributed by atoms with Crippen molar-refractivity contribution >= 4 is 46.1 Å². The van der Waals surface area contributed by atoms with Crippen LogP contribution in [0.3, 0.4) is 0 Å². The summed E-state index contributed by atoms with van der Waals surface area (Å²) in [5.74, 6) is -1.20. The van der Waals surface area contributed by atoms with Crippen LogP contribution in [0.15, 0.2) is 35.5 Å². The van der Waals surface area contributed by atoms with Crippen LogP contribution in [0.4, 0.5) is 5.69 Å². The van der Waals surface area contributed by atoms with Gasteiger partial charge >= 0.3 is 5.97 Å². The Balaban J connectivity index is 2.18. The van der Waals surface area contributed by atoms with Crippen molar-refractivity contribution < 1.29 is 9.90 Å². The lowest BCUT2D eigenvalue weighted by Gasteiger charge is -2.19. The fraction of sp³-hybridized carbons (Fsp3) is 0.182. The van der Waals surface area contributed by atoms with Crippen LogP contribution in [0.5, 0.6) is 0 Å². The Morgan fingerprint density at radius 1 is 1.31 bits per heavy atom. The standard InChI is InChI=1S/C22H20ClN7O2/c1-11-6-14(12(2)27-15-4-5-18(23)29-21(15)22(31)32)20-16(7-11)28-17(9-25)19(30-20)13(8-24)10-26-3/h4-8,10,12,27H,24H2,1-3H3,(H,31,32)/b13-8+,26-10?/t12-/m1/s1. The molecule has 0 saturated heterocycles. The smallest absolute Gasteiger partial charge is 0.356 e. The van der Waals surface area contributed by atoms with Crippen molar-refractivity contribution in [2.75, 3.05) is 12.4 Å². The normalized spacial score (nSPS) is 12.7. The van der Waals surface area contributed by atoms with E-state index in [1.165, 1.54) is 18.5 Å². The van der Waals surface area contributed by atoms with Gasteiger partial charge in [-0.25, -0.2) is 19.7 Å². The molecule has 0 aliphatic heterocycles. The molecular weight excluding hydrogens is 430 g/mol. The third kappa shape index (κ3) is 4.50. The second kappa shape index (κ2) is 9.41. The van der Waals surface area contributed by atoms with E-state index in [-0.39, 0.29) is 22.6 Å². The fourth-order valence-electron chi connectivity index (χ4n) is 3.29. The van der Waals surface area contributed by atoms with E-state index in [1.807, 2.05) is 26.0 Å². The number of nitrogens with two attached hydrogens (primary N) is 1. The van der Waals surface area contributed by atoms with Gasteiger partial charge in [-0.2, -0.15) is 5.26 Å². The number of hydrogen-bond acceptors (Lipinski definition) is 8. The topological polar surface area (TPSA) is 150 Å². The first kappa shape index (κ1) is 22.7. The SMILES string of the molecule is CN=C/C(=C\N)c1nc2c([C@@H](C)Nc3ccc(Cl)nc3C(=O)O)cc(C)cc2nc1C#N. The monoisotopic (exact) mass is 449 g/mol. The number of anilines is 1. The minimum absolute atomic E-state index is 0.0832. The molecule has 0 radical (unpaired) electrons. The van der Waals surface area contributed by atoms with Crippen LogP contribution >= 0.6 is 11.6 Å². The maximum absolute atomic E-state index is 11.6. The first-order valence-corrected chi connectivity index (χ1v) is 9.90. The van der Waals surface area contributed by atoms with Crippen LogP contribution in [-0.4, -0.2) is 39.3 Å². The minimum atomic E-state index is -1.20. The molecule has 32 heavy (non-hydrogen) atoms. The van der Waals surface area contributed by atoms with Crippen LogP contribution in [-0.2, 0) is 0 Å². The molecule has 0 unspecified atom stereocenters. The molecule has 9 nitrogen and oxygen atoms in total. The summed E-state index contributed by atoms with van der Waals surface area (Å²) >= 11 is 5.86. The minimum Gasteiger partial charge on any atom is -0.476 e. The van der Waals surface area contributed by atoms with Crippen molar-refractivity contribution in [3.8, 4) is 6.07 Å². The number of carboxylic acid groups (broad SMARTS) is 1. The van der Waals surface area contributed by atoms with Crippen molar-refractivity contribution in [2.45, 2.75) is 19.9 Å². The molecular formula is C22H20ClN7O2. The Kier molecular flexibility index (Phi) is 6.66. The molecule has 4 N–H and O–H groups in total. The molecule has 0 amide bonds. The number of nitrogens with one attached hydrogen (secondary N) is 1. The van der Waals surface area contributed by atoms with E-state index in [4.69, 9.17) is 22.3 Å². The van der Waals surface area contributed by atoms with Crippen molar-refractivity contribution in [3.05, 3.63) is 63.8 Å². The number of halogens is 1. The van der Waals surface area contributed by atoms with Crippen LogP contribution in [0.25, 0.3) is 16.6 Å². The summed E-state index contributed by atoms with van der Waals surface area (Å²) < 4.78 is 0. The number of nitrogens with zero attached hydrogens (tertiary/aromatic N) is 5. The van der Waals surface area contributed by atoms with Crippen LogP contribution in [0.2, 0.25) is 5.15 Å². The lowest BCUT2D eigenvalue weighted by atomic mass is 10.0. The molecule has 1 aromatic carbocycles. The van der Waals surface area contributed by atoms with Crippen molar-refractivity contribution in [2.24, 2.45) is 10.7 Å². The Morgan fingerprint density at radius 2 is 2.06 bits per heavy atom. The zero-order chi connectivity index (χ0) is 23.4. The first-order valence-electron chi connectivity index (χ1n) is 9.52. The summed E-state index contributed by atoms with van der Waals surface area (Å²) in [6.45, 7) is 3.76. The second-order valence-corrected chi connectivity index (χ2v) is 7.35. The van der Waals surface area contributed by atoms with Gasteiger partial charge < -0.3 is 16.2 Å². The number of nitriles is 1. The van der Waals surface area contributed by atoms with E-state index in [1.54, 1.807) is 13.1 Å². The third-order valence-corrected chi connectivity index (χ3v) is 4.88. The largest absolute Gasteiger partial charge is 0.476 e. The Labute approximate surface area is 189 Å². The zero-order valence-corrected chi connectivity index (χ0v) is 18.3. The Bertz CT molecular complexity index is 1310. The molecule has 2 aromatic heterocycles. The summed E-state index contributed by atoms with van der Waals surface area (Å²) in [7, 11) is 1.59. The number of pyridine rings is 1. The molecule has 0 aliphatic rings. The summed E-state index contributed by atoms with van der Waals surface area (Å²) in [5, 5.41) is 22.3. The van der Waals surface area contributed by atoms with Gasteiger partial charge in [0, 0.05) is 30.6 Å². The highest BCUT2D eigenvalue weighted by Gasteiger charge is 2.20. The molecule has 0 spiro atoms. The summed E-state index contributed by atoms with van der Waals surface area (Å²) in [6.07, 6.45) is 2.82. The lowest BCUT2D eigenvalue weighted by molar-refractivity contribution is 0.0691. The molecule has 0 fully saturated rings. The maximum atomic E-state index is 11.6. The highest BCUT2D eigenvalue weighted by molar-refractivity contribution is 6.29. The molecule has 2 heterocycles. The van der Waals surface area contributed by atoms with Crippen LogP contribution in [0, 0.1) is 18.3 Å². The fourth-order valence-corrected chi connectivity index (χ4v) is 3.44. The molecule has 3 rings (SSSR count). The van der Waals surface area contributed by atoms with Crippen LogP contribution < -0.4 is 11.1 Å². The van der Waals surface area contributed by atoms with E-state index in [0.717, 1.165) is 11.1 Å². The lowest BCUT2D eigenvalue weighted by Crippen LogP contribution is -2.14. The van der Waals surface area contributed by atoms with E-state index in [0.29, 0.717) is 28.0 Å². The number of fused-ring (bicyclic) bond motifs is 1. The Hall–Kier alpha value is -4.03. The number of aliphatic imine (C=N–C) groups is 1. The maximum Gasteiger partial charge on any atom is 0.356 e. The number of aromatic nitrogens is 3. The predicted octanol–water partition coefficient (Wildman–Crippen LogP) is 3.73. The van der Waals surface area contributed by atoms with Gasteiger partial charge in [-0.05, 0) is 37.6 Å². The highest BCUT2D eigenvalue weighted by Crippen LogP contribution is 2.29. The number of hydrogen-bond donors (Lipinski definition) is 3. The zero-order valence-electron chi connectivity index (χ0n) is 17.6. The molecule has 0 bridgehead atoms. The number of benzene rings is 1. The number of rotatable bonds is 6. The third-order valence-electron chi connectivity index (χ3n) is 4.67. The molecule has 0 aliphatic carbocycles. The van der Waals surface area contributed by atoms with Crippen molar-refractivity contribution in [1.82, 2.24) is 15.0 Å². The predicted molar refractivity (Wildman–Crippen MR) is 124 cm³/mol. The second-order valence-electron chi connectivity index (χ2n) is 6.97. The molecule has 1 atom stereocenters. The van der Waals surface area contributed by atoms with E-state index < -0.39 is 5.97 Å². The van der Waals surface area contributed by atoms with Crippen molar-refractivity contribution in [1.29, 1.82) is 5.26 Å². The number of allylic oxidation sites excluding steroid dienone is 1. The van der Waals surface area contributed by atoms with Crippen molar-refractivity contribution in [3.63, 3.8) is 0 Å². The summed E-state index contributed by atoms with van der Waals surface area (Å²) in [4.78, 5) is 28.6.